The number of carbonyl (C=O) groups excluding carboxylic acids is 5. The summed E-state index contributed by atoms with van der Waals surface area (Å²) in [4.78, 5) is 81.6. The Labute approximate surface area is 407 Å². The lowest BCUT2D eigenvalue weighted by Crippen LogP contribution is -2.50. The van der Waals surface area contributed by atoms with Gasteiger partial charge in [-0.3, -0.25) is 28.7 Å². The predicted molar refractivity (Wildman–Crippen MR) is 253 cm³/mol. The maximum Gasteiger partial charge on any atom is 0.284 e. The number of carbonyl (C=O) groups is 5. The molecule has 4 amide bonds. The van der Waals surface area contributed by atoms with Crippen LogP contribution < -0.4 is 15.5 Å². The lowest BCUT2D eigenvalue weighted by molar-refractivity contribution is -0.147. The normalized spacial score (nSPS) is 16.8. The highest BCUT2D eigenvalue weighted by atomic mass is 32.1. The van der Waals surface area contributed by atoms with Crippen molar-refractivity contribution < 1.29 is 52.1 Å². The molecule has 0 aliphatic carbocycles. The zero-order valence-corrected chi connectivity index (χ0v) is 40.6. The molecule has 23 heteroatoms. The molecule has 2 aliphatic heterocycles. The molecular formula is C47H59F2N11O9S. The Morgan fingerprint density at radius 1 is 0.957 bits per heavy atom. The summed E-state index contributed by atoms with van der Waals surface area (Å²) in [7, 11) is 1.48. The van der Waals surface area contributed by atoms with Crippen LogP contribution in [0.25, 0.3) is 16.1 Å². The molecule has 5 aromatic rings. The number of aryl methyl sites for hydroxylation is 2. The average molecular weight is 992 g/mol. The number of ether oxygens (including phenoxy) is 3. The molecule has 3 atom stereocenters. The van der Waals surface area contributed by atoms with Crippen LogP contribution in [0.1, 0.15) is 67.3 Å². The van der Waals surface area contributed by atoms with Crippen LogP contribution in [0, 0.1) is 18.3 Å². The number of aliphatic hydroxyl groups is 1. The molecule has 2 aliphatic rings. The number of fused-ring (bicyclic) bond motifs is 1. The number of benzene rings is 1. The van der Waals surface area contributed by atoms with Gasteiger partial charge in [0.05, 0.1) is 60.5 Å². The number of halogens is 2. The smallest absolute Gasteiger partial charge is 0.284 e. The number of hydrogen-bond donors (Lipinski definition) is 3. The van der Waals surface area contributed by atoms with Crippen molar-refractivity contribution in [3.63, 3.8) is 0 Å². The zero-order valence-electron chi connectivity index (χ0n) is 39.8. The molecule has 3 N–H and O–H groups in total. The van der Waals surface area contributed by atoms with Crippen molar-refractivity contribution >= 4 is 57.9 Å². The number of anilines is 2. The van der Waals surface area contributed by atoms with E-state index in [1.165, 1.54) is 33.5 Å². The number of likely N-dealkylation sites (tertiary alicyclic amines) is 1. The van der Waals surface area contributed by atoms with Gasteiger partial charge in [0.2, 0.25) is 17.7 Å². The summed E-state index contributed by atoms with van der Waals surface area (Å²) in [5.41, 5.74) is 3.73. The number of ketones is 1. The van der Waals surface area contributed by atoms with Gasteiger partial charge in [-0.15, -0.1) is 11.3 Å². The maximum atomic E-state index is 14.0. The van der Waals surface area contributed by atoms with Crippen LogP contribution in [0.5, 0.6) is 0 Å². The van der Waals surface area contributed by atoms with Gasteiger partial charge in [0, 0.05) is 77.5 Å². The van der Waals surface area contributed by atoms with Crippen molar-refractivity contribution in [1.29, 1.82) is 0 Å². The first-order valence-electron chi connectivity index (χ1n) is 23.0. The number of amides is 4. The highest BCUT2D eigenvalue weighted by Crippen LogP contribution is 2.34. The summed E-state index contributed by atoms with van der Waals surface area (Å²) in [6, 6.07) is 8.69. The average Bonchev–Trinajstić information content (AvgIpc) is 4.14. The molecule has 0 spiro atoms. The van der Waals surface area contributed by atoms with E-state index in [0.717, 1.165) is 21.7 Å². The number of aromatic nitrogens is 6. The minimum absolute atomic E-state index is 0.00722. The highest BCUT2D eigenvalue weighted by molar-refractivity contribution is 7.13. The highest BCUT2D eigenvalue weighted by Gasteiger charge is 2.44. The number of alkyl halides is 2. The van der Waals surface area contributed by atoms with Gasteiger partial charge in [-0.25, -0.2) is 23.3 Å². The summed E-state index contributed by atoms with van der Waals surface area (Å²) >= 11 is 1.56. The third-order valence-corrected chi connectivity index (χ3v) is 13.1. The fourth-order valence-electron chi connectivity index (χ4n) is 8.32. The number of Topliss-reactive ketones (excluding diaryl/α,β-unsaturated/α-hetero) is 1. The van der Waals surface area contributed by atoms with Gasteiger partial charge >= 0.3 is 0 Å². The monoisotopic (exact) mass is 991 g/mol. The minimum Gasteiger partial charge on any atom is -0.391 e. The van der Waals surface area contributed by atoms with Crippen LogP contribution in [0.2, 0.25) is 0 Å². The van der Waals surface area contributed by atoms with E-state index in [-0.39, 0.29) is 106 Å². The number of rotatable bonds is 21. The first-order chi connectivity index (χ1) is 33.5. The number of thiazole rings is 1. The molecule has 4 aromatic heterocycles. The van der Waals surface area contributed by atoms with Gasteiger partial charge in [-0.1, -0.05) is 45.0 Å². The number of piperazine rings is 1. The molecule has 0 saturated carbocycles. The van der Waals surface area contributed by atoms with Crippen molar-refractivity contribution in [2.45, 2.75) is 65.7 Å². The molecule has 2 saturated heterocycles. The zero-order chi connectivity index (χ0) is 50.1. The van der Waals surface area contributed by atoms with Gasteiger partial charge in [-0.05, 0) is 29.5 Å². The Morgan fingerprint density at radius 2 is 1.66 bits per heavy atom. The van der Waals surface area contributed by atoms with Crippen LogP contribution in [-0.4, -0.2) is 158 Å². The molecule has 7 rings (SSSR count). The van der Waals surface area contributed by atoms with E-state index in [4.69, 9.17) is 14.2 Å². The molecule has 376 valence electrons. The maximum absolute atomic E-state index is 14.0. The molecule has 0 unspecified atom stereocenters. The Kier molecular flexibility index (Phi) is 17.0. The number of hydrogen-bond acceptors (Lipinski definition) is 15. The lowest BCUT2D eigenvalue weighted by atomic mass is 9.77. The predicted octanol–water partition coefficient (Wildman–Crippen LogP) is 3.68. The topological polar surface area (TPSA) is 228 Å². The van der Waals surface area contributed by atoms with Crippen molar-refractivity contribution in [3.05, 3.63) is 76.9 Å². The molecule has 0 radical (unpaired) electrons. The molecular weight excluding hydrogens is 933 g/mol. The van der Waals surface area contributed by atoms with Crippen LogP contribution in [0.15, 0.2) is 54.4 Å². The van der Waals surface area contributed by atoms with E-state index in [1.807, 2.05) is 56.9 Å². The van der Waals surface area contributed by atoms with E-state index >= 15 is 0 Å². The van der Waals surface area contributed by atoms with Gasteiger partial charge in [0.1, 0.15) is 30.6 Å². The lowest BCUT2D eigenvalue weighted by Gasteiger charge is -2.35. The summed E-state index contributed by atoms with van der Waals surface area (Å²) in [6.45, 7) is 9.76. The van der Waals surface area contributed by atoms with E-state index in [1.54, 1.807) is 34.0 Å². The quantitative estimate of drug-likeness (QED) is 0.0892. The van der Waals surface area contributed by atoms with E-state index in [0.29, 0.717) is 32.0 Å². The molecule has 20 nitrogen and oxygen atoms in total. The summed E-state index contributed by atoms with van der Waals surface area (Å²) in [5, 5.41) is 23.9. The van der Waals surface area contributed by atoms with Gasteiger partial charge in [-0.2, -0.15) is 10.2 Å². The number of nitrogens with one attached hydrogen (secondary N) is 2. The fraction of sp³-hybridized carbons (Fsp3) is 0.511. The van der Waals surface area contributed by atoms with Crippen molar-refractivity contribution in [1.82, 2.24) is 44.5 Å². The van der Waals surface area contributed by atoms with Crippen LogP contribution >= 0.6 is 11.3 Å². The molecule has 0 bridgehead atoms. The second-order valence-electron chi connectivity index (χ2n) is 18.3. The Balaban J connectivity index is 0.770. The van der Waals surface area contributed by atoms with Crippen molar-refractivity contribution in [3.8, 4) is 10.4 Å². The van der Waals surface area contributed by atoms with Gasteiger partial charge in [0.25, 0.3) is 12.3 Å². The first-order valence-corrected chi connectivity index (χ1v) is 23.9. The SMILES string of the molecule is Cc1ncsc1-c1ccc(CNC(=O)[C@@H]2C[C@@H](O)CN2C(=O)[C@@H](CC(=O)COCCOCCOCC(=O)N2CCN(c3ccn4ncc(C(=O)Nc5cn(C)nc5C(F)F)c4n3)CC2)C(C)(C)C)cc1. The Morgan fingerprint density at radius 3 is 2.33 bits per heavy atom. The number of nitrogens with zero attached hydrogens (tertiary/aromatic N) is 9. The van der Waals surface area contributed by atoms with Gasteiger partial charge in [0.15, 0.2) is 17.1 Å². The van der Waals surface area contributed by atoms with E-state index < -0.39 is 41.5 Å². The number of β-amino-alcohol motifs (C(OH)–C–C–N with tert-alkyl or cyclic N) is 1. The molecule has 2 fully saturated rings. The summed E-state index contributed by atoms with van der Waals surface area (Å²) < 4.78 is 46.2. The minimum atomic E-state index is -2.87. The second-order valence-corrected chi connectivity index (χ2v) is 19.1. The molecule has 70 heavy (non-hydrogen) atoms. The third-order valence-electron chi connectivity index (χ3n) is 12.2. The van der Waals surface area contributed by atoms with Crippen LogP contribution in [0.3, 0.4) is 0 Å². The summed E-state index contributed by atoms with van der Waals surface area (Å²) in [6.07, 6.45) is 0.500. The molecule has 1 aromatic carbocycles. The second kappa shape index (κ2) is 23.1. The standard InChI is InChI=1S/C47H59F2N11O9S/c1-29-41(70-28-51-29)31-8-6-30(7-9-31)22-50-45(65)37-21-32(61)24-59(37)46(66)35(47(2,3)4)20-33(62)26-68-18-16-67-17-19-69-27-39(63)58-14-12-57(13-15-58)38-10-11-60-43(54-38)34(23-52-60)44(64)53-36-25-56(5)55-40(36)42(48)49/h6-11,23,25,28,32,35,37,42,61H,12-22,24,26-27H2,1-5H3,(H,50,65)(H,53,64)/t32-,35-,37+/m1/s1. The van der Waals surface area contributed by atoms with Crippen LogP contribution in [-0.2, 0) is 47.0 Å². The van der Waals surface area contributed by atoms with Crippen molar-refractivity contribution in [2.75, 3.05) is 82.6 Å². The largest absolute Gasteiger partial charge is 0.391 e. The number of aliphatic hydroxyl groups excluding tert-OH is 1. The first kappa shape index (κ1) is 51.6. The van der Waals surface area contributed by atoms with Crippen molar-refractivity contribution in [2.24, 2.45) is 18.4 Å². The van der Waals surface area contributed by atoms with E-state index in [2.05, 4.69) is 30.8 Å². The molecule has 6 heterocycles. The Bertz CT molecular complexity index is 2630. The fourth-order valence-corrected chi connectivity index (χ4v) is 9.14. The van der Waals surface area contributed by atoms with E-state index in [9.17, 15) is 37.9 Å². The van der Waals surface area contributed by atoms with Crippen LogP contribution in [0.4, 0.5) is 20.3 Å². The third kappa shape index (κ3) is 12.9. The summed E-state index contributed by atoms with van der Waals surface area (Å²) in [5.74, 6) is -2.08. The Hall–Kier alpha value is -6.27. The van der Waals surface area contributed by atoms with Gasteiger partial charge < -0.3 is 44.7 Å².